The minimum atomic E-state index is -0.140. The molecule has 70 valence electrons. The van der Waals surface area contributed by atoms with E-state index in [9.17, 15) is 4.79 Å². The highest BCUT2D eigenvalue weighted by Crippen LogP contribution is 2.13. The van der Waals surface area contributed by atoms with Crippen molar-refractivity contribution in [1.82, 2.24) is 0 Å². The standard InChI is InChI=1S/C12H11NO/c1-4-10-6-8-11(9-7-10)13(3)12(14)5-2/h1,5-9H,2H2,3H3. The van der Waals surface area contributed by atoms with Crippen molar-refractivity contribution in [3.63, 3.8) is 0 Å². The van der Waals surface area contributed by atoms with Crippen molar-refractivity contribution in [2.24, 2.45) is 0 Å². The summed E-state index contributed by atoms with van der Waals surface area (Å²) in [6.45, 7) is 3.42. The van der Waals surface area contributed by atoms with Crippen LogP contribution in [0.15, 0.2) is 36.9 Å². The summed E-state index contributed by atoms with van der Waals surface area (Å²) in [5.74, 6) is 2.37. The van der Waals surface area contributed by atoms with Crippen molar-refractivity contribution >= 4 is 11.6 Å². The molecular weight excluding hydrogens is 174 g/mol. The summed E-state index contributed by atoms with van der Waals surface area (Å²) in [5, 5.41) is 0. The minimum absolute atomic E-state index is 0.140. The quantitative estimate of drug-likeness (QED) is 0.508. The summed E-state index contributed by atoms with van der Waals surface area (Å²) in [5.41, 5.74) is 1.60. The van der Waals surface area contributed by atoms with E-state index in [0.29, 0.717) is 0 Å². The van der Waals surface area contributed by atoms with Crippen LogP contribution in [0.25, 0.3) is 0 Å². The first-order valence-electron chi connectivity index (χ1n) is 4.16. The highest BCUT2D eigenvalue weighted by Gasteiger charge is 2.05. The van der Waals surface area contributed by atoms with Crippen molar-refractivity contribution in [1.29, 1.82) is 0 Å². The zero-order chi connectivity index (χ0) is 10.6. The smallest absolute Gasteiger partial charge is 0.250 e. The van der Waals surface area contributed by atoms with Gasteiger partial charge in [-0.15, -0.1) is 6.42 Å². The summed E-state index contributed by atoms with van der Waals surface area (Å²) in [4.78, 5) is 12.7. The zero-order valence-corrected chi connectivity index (χ0v) is 8.03. The molecule has 0 saturated carbocycles. The van der Waals surface area contributed by atoms with Crippen LogP contribution in [0.2, 0.25) is 0 Å². The van der Waals surface area contributed by atoms with Crippen molar-refractivity contribution in [2.45, 2.75) is 0 Å². The van der Waals surface area contributed by atoms with Crippen molar-refractivity contribution < 1.29 is 4.79 Å². The molecular formula is C12H11NO. The Morgan fingerprint density at radius 2 is 2.07 bits per heavy atom. The number of terminal acetylenes is 1. The van der Waals surface area contributed by atoms with E-state index in [1.165, 1.54) is 11.0 Å². The predicted molar refractivity (Wildman–Crippen MR) is 58.0 cm³/mol. The van der Waals surface area contributed by atoms with Crippen LogP contribution in [0, 0.1) is 12.3 Å². The molecule has 0 atom stereocenters. The average Bonchev–Trinajstić information content (AvgIpc) is 2.27. The highest BCUT2D eigenvalue weighted by molar-refractivity contribution is 6.00. The van der Waals surface area contributed by atoms with E-state index < -0.39 is 0 Å². The fourth-order valence-corrected chi connectivity index (χ4v) is 1.05. The lowest BCUT2D eigenvalue weighted by Crippen LogP contribution is -2.23. The molecule has 2 heteroatoms. The van der Waals surface area contributed by atoms with E-state index in [2.05, 4.69) is 12.5 Å². The third kappa shape index (κ3) is 2.02. The van der Waals surface area contributed by atoms with E-state index in [4.69, 9.17) is 6.42 Å². The molecule has 0 aliphatic carbocycles. The van der Waals surface area contributed by atoms with Gasteiger partial charge in [0.25, 0.3) is 0 Å². The molecule has 14 heavy (non-hydrogen) atoms. The van der Waals surface area contributed by atoms with Crippen LogP contribution in [0.4, 0.5) is 5.69 Å². The molecule has 0 aromatic heterocycles. The van der Waals surface area contributed by atoms with Gasteiger partial charge >= 0.3 is 0 Å². The van der Waals surface area contributed by atoms with Gasteiger partial charge in [-0.3, -0.25) is 4.79 Å². The van der Waals surface area contributed by atoms with Gasteiger partial charge in [-0.05, 0) is 30.3 Å². The number of hydrogen-bond donors (Lipinski definition) is 0. The summed E-state index contributed by atoms with van der Waals surface area (Å²) in [7, 11) is 1.69. The maximum absolute atomic E-state index is 11.2. The number of rotatable bonds is 2. The van der Waals surface area contributed by atoms with Gasteiger partial charge < -0.3 is 4.90 Å². The lowest BCUT2D eigenvalue weighted by atomic mass is 10.2. The summed E-state index contributed by atoms with van der Waals surface area (Å²) < 4.78 is 0. The summed E-state index contributed by atoms with van der Waals surface area (Å²) in [6.07, 6.45) is 6.49. The van der Waals surface area contributed by atoms with Crippen LogP contribution in [0.1, 0.15) is 5.56 Å². The molecule has 0 bridgehead atoms. The third-order valence-electron chi connectivity index (χ3n) is 1.93. The fourth-order valence-electron chi connectivity index (χ4n) is 1.05. The van der Waals surface area contributed by atoms with Crippen molar-refractivity contribution in [3.05, 3.63) is 42.5 Å². The SMILES string of the molecule is C#Cc1ccc(N(C)C(=O)C=C)cc1. The monoisotopic (exact) mass is 185 g/mol. The molecule has 0 unspecified atom stereocenters. The molecule has 0 spiro atoms. The number of carbonyl (C=O) groups excluding carboxylic acids is 1. The molecule has 2 nitrogen and oxygen atoms in total. The first-order valence-corrected chi connectivity index (χ1v) is 4.16. The topological polar surface area (TPSA) is 20.3 Å². The van der Waals surface area contributed by atoms with E-state index in [0.717, 1.165) is 11.3 Å². The number of hydrogen-bond acceptors (Lipinski definition) is 1. The number of amides is 1. The molecule has 0 aliphatic rings. The van der Waals surface area contributed by atoms with Gasteiger partial charge in [-0.1, -0.05) is 12.5 Å². The number of carbonyl (C=O) groups is 1. The van der Waals surface area contributed by atoms with E-state index in [1.54, 1.807) is 31.3 Å². The highest BCUT2D eigenvalue weighted by atomic mass is 16.2. The molecule has 0 radical (unpaired) electrons. The maximum atomic E-state index is 11.2. The Balaban J connectivity index is 2.93. The van der Waals surface area contributed by atoms with Gasteiger partial charge in [0.2, 0.25) is 5.91 Å². The maximum Gasteiger partial charge on any atom is 0.250 e. The minimum Gasteiger partial charge on any atom is -0.312 e. The van der Waals surface area contributed by atoms with Gasteiger partial charge in [0.15, 0.2) is 0 Å². The van der Waals surface area contributed by atoms with Crippen LogP contribution < -0.4 is 4.90 Å². The third-order valence-corrected chi connectivity index (χ3v) is 1.93. The van der Waals surface area contributed by atoms with Crippen LogP contribution in [-0.4, -0.2) is 13.0 Å². The average molecular weight is 185 g/mol. The Kier molecular flexibility index (Phi) is 3.09. The van der Waals surface area contributed by atoms with Crippen LogP contribution in [0.5, 0.6) is 0 Å². The molecule has 1 amide bonds. The Labute approximate surface area is 83.9 Å². The second kappa shape index (κ2) is 4.29. The first kappa shape index (κ1) is 10.1. The second-order valence-electron chi connectivity index (χ2n) is 2.79. The molecule has 0 fully saturated rings. The van der Waals surface area contributed by atoms with Crippen LogP contribution in [-0.2, 0) is 4.79 Å². The van der Waals surface area contributed by atoms with Crippen LogP contribution >= 0.6 is 0 Å². The number of benzene rings is 1. The van der Waals surface area contributed by atoms with Gasteiger partial charge in [-0.2, -0.15) is 0 Å². The van der Waals surface area contributed by atoms with Gasteiger partial charge in [0.05, 0.1) is 0 Å². The Hall–Kier alpha value is -2.01. The second-order valence-corrected chi connectivity index (χ2v) is 2.79. The van der Waals surface area contributed by atoms with Gasteiger partial charge in [-0.25, -0.2) is 0 Å². The van der Waals surface area contributed by atoms with Gasteiger partial charge in [0.1, 0.15) is 0 Å². The Bertz CT molecular complexity index is 384. The van der Waals surface area contributed by atoms with E-state index in [-0.39, 0.29) is 5.91 Å². The van der Waals surface area contributed by atoms with Crippen LogP contribution in [0.3, 0.4) is 0 Å². The number of nitrogens with zero attached hydrogens (tertiary/aromatic N) is 1. The number of anilines is 1. The molecule has 0 saturated heterocycles. The van der Waals surface area contributed by atoms with Crippen molar-refractivity contribution in [3.8, 4) is 12.3 Å². The fraction of sp³-hybridized carbons (Fsp3) is 0.0833. The van der Waals surface area contributed by atoms with Crippen molar-refractivity contribution in [2.75, 3.05) is 11.9 Å². The Morgan fingerprint density at radius 1 is 1.50 bits per heavy atom. The Morgan fingerprint density at radius 3 is 2.50 bits per heavy atom. The van der Waals surface area contributed by atoms with E-state index >= 15 is 0 Å². The first-order chi connectivity index (χ1) is 6.69. The summed E-state index contributed by atoms with van der Waals surface area (Å²) >= 11 is 0. The molecule has 1 rings (SSSR count). The molecule has 0 N–H and O–H groups in total. The molecule has 0 aliphatic heterocycles. The normalized spacial score (nSPS) is 8.86. The lowest BCUT2D eigenvalue weighted by molar-refractivity contribution is -0.113. The molecule has 0 heterocycles. The number of likely N-dealkylation sites (N-methyl/N-ethyl adjacent to an activating group) is 1. The molecule has 1 aromatic rings. The molecule has 1 aromatic carbocycles. The summed E-state index contributed by atoms with van der Waals surface area (Å²) in [6, 6.07) is 7.19. The zero-order valence-electron chi connectivity index (χ0n) is 8.03. The van der Waals surface area contributed by atoms with E-state index in [1.807, 2.05) is 0 Å². The van der Waals surface area contributed by atoms with Gasteiger partial charge in [0, 0.05) is 18.3 Å². The predicted octanol–water partition coefficient (Wildman–Crippen LogP) is 1.82. The lowest BCUT2D eigenvalue weighted by Gasteiger charge is -2.14. The largest absolute Gasteiger partial charge is 0.312 e.